The van der Waals surface area contributed by atoms with Gasteiger partial charge in [0, 0.05) is 12.4 Å². The Labute approximate surface area is 75.4 Å². The lowest BCUT2D eigenvalue weighted by atomic mass is 10.4. The molecule has 0 aliphatic rings. The summed E-state index contributed by atoms with van der Waals surface area (Å²) in [6.45, 7) is 2.15. The van der Waals surface area contributed by atoms with Crippen LogP contribution in [0.25, 0.3) is 0 Å². The molecule has 5 heteroatoms. The van der Waals surface area contributed by atoms with E-state index in [1.165, 1.54) is 12.4 Å². The molecular formula is C8H9N2O3. The minimum atomic E-state index is -0.708. The number of esters is 1. The van der Waals surface area contributed by atoms with Crippen molar-refractivity contribution in [3.63, 3.8) is 0 Å². The van der Waals surface area contributed by atoms with Crippen LogP contribution in [0.15, 0.2) is 12.4 Å². The Morgan fingerprint density at radius 3 is 2.77 bits per heavy atom. The Hall–Kier alpha value is -1.65. The Kier molecular flexibility index (Phi) is 3.19. The van der Waals surface area contributed by atoms with Crippen molar-refractivity contribution < 1.29 is 14.6 Å². The van der Waals surface area contributed by atoms with Gasteiger partial charge in [-0.3, -0.25) is 5.11 Å². The first kappa shape index (κ1) is 9.44. The number of ether oxygens (including phenoxy) is 1. The Balaban J connectivity index is 2.71. The molecule has 0 saturated heterocycles. The van der Waals surface area contributed by atoms with Crippen LogP contribution in [0, 0.1) is 0 Å². The number of nitrogens with zero attached hydrogens (tertiary/aromatic N) is 2. The second-order valence-corrected chi connectivity index (χ2v) is 2.35. The summed E-state index contributed by atoms with van der Waals surface area (Å²) in [7, 11) is 0. The molecule has 0 N–H and O–H groups in total. The first-order chi connectivity index (χ1) is 6.25. The fourth-order valence-electron chi connectivity index (χ4n) is 0.728. The molecule has 0 aliphatic heterocycles. The Morgan fingerprint density at radius 2 is 2.15 bits per heavy atom. The molecule has 0 saturated carbocycles. The van der Waals surface area contributed by atoms with Crippen LogP contribution in [0.4, 0.5) is 0 Å². The van der Waals surface area contributed by atoms with Crippen molar-refractivity contribution in [2.45, 2.75) is 13.3 Å². The van der Waals surface area contributed by atoms with Crippen LogP contribution < -0.4 is 0 Å². The van der Waals surface area contributed by atoms with Crippen molar-refractivity contribution in [2.75, 3.05) is 6.61 Å². The summed E-state index contributed by atoms with van der Waals surface area (Å²) in [4.78, 5) is 18.1. The summed E-state index contributed by atoms with van der Waals surface area (Å²) >= 11 is 0. The predicted molar refractivity (Wildman–Crippen MR) is 42.7 cm³/mol. The number of aromatic nitrogens is 2. The van der Waals surface area contributed by atoms with E-state index in [0.717, 1.165) is 0 Å². The van der Waals surface area contributed by atoms with Crippen LogP contribution in [0.5, 0.6) is 5.88 Å². The van der Waals surface area contributed by atoms with Crippen molar-refractivity contribution in [3.05, 3.63) is 18.1 Å². The van der Waals surface area contributed by atoms with Gasteiger partial charge in [-0.15, -0.1) is 0 Å². The van der Waals surface area contributed by atoms with E-state index < -0.39 is 11.8 Å². The number of rotatable bonds is 3. The molecule has 0 aliphatic carbocycles. The number of hydrogen-bond acceptors (Lipinski definition) is 4. The van der Waals surface area contributed by atoms with Gasteiger partial charge in [0.2, 0.25) is 5.69 Å². The predicted octanol–water partition coefficient (Wildman–Crippen LogP) is 1.19. The van der Waals surface area contributed by atoms with Gasteiger partial charge < -0.3 is 4.74 Å². The van der Waals surface area contributed by atoms with E-state index in [4.69, 9.17) is 4.74 Å². The molecule has 0 aromatic carbocycles. The minimum Gasteiger partial charge on any atom is -0.461 e. The number of hydrogen-bond donors (Lipinski definition) is 0. The van der Waals surface area contributed by atoms with E-state index in [2.05, 4.69) is 9.97 Å². The van der Waals surface area contributed by atoms with Gasteiger partial charge in [-0.2, -0.15) is 0 Å². The third-order valence-electron chi connectivity index (χ3n) is 1.30. The highest BCUT2D eigenvalue weighted by Gasteiger charge is 2.15. The minimum absolute atomic E-state index is 0.254. The fourth-order valence-corrected chi connectivity index (χ4v) is 0.728. The van der Waals surface area contributed by atoms with E-state index in [1.54, 1.807) is 0 Å². The van der Waals surface area contributed by atoms with Gasteiger partial charge in [-0.25, -0.2) is 14.8 Å². The maximum Gasteiger partial charge on any atom is 0.362 e. The normalized spacial score (nSPS) is 9.62. The van der Waals surface area contributed by atoms with Crippen molar-refractivity contribution >= 4 is 5.97 Å². The quantitative estimate of drug-likeness (QED) is 0.656. The highest BCUT2D eigenvalue weighted by molar-refractivity contribution is 5.89. The van der Waals surface area contributed by atoms with Crippen LogP contribution in [0.1, 0.15) is 23.8 Å². The van der Waals surface area contributed by atoms with Crippen LogP contribution in [-0.2, 0) is 9.84 Å². The monoisotopic (exact) mass is 181 g/mol. The second-order valence-electron chi connectivity index (χ2n) is 2.35. The molecule has 1 radical (unpaired) electrons. The summed E-state index contributed by atoms with van der Waals surface area (Å²) in [6, 6.07) is 0. The van der Waals surface area contributed by atoms with E-state index >= 15 is 0 Å². The molecular weight excluding hydrogens is 172 g/mol. The average Bonchev–Trinajstić information content (AvgIpc) is 2.15. The highest BCUT2D eigenvalue weighted by atomic mass is 16.5. The molecule has 1 heterocycles. The van der Waals surface area contributed by atoms with E-state index in [9.17, 15) is 9.90 Å². The lowest BCUT2D eigenvalue weighted by molar-refractivity contribution is 0.0491. The van der Waals surface area contributed by atoms with Crippen LogP contribution in [-0.4, -0.2) is 22.5 Å². The van der Waals surface area contributed by atoms with Crippen molar-refractivity contribution in [1.82, 2.24) is 9.97 Å². The van der Waals surface area contributed by atoms with E-state index in [1.807, 2.05) is 6.92 Å². The molecule has 0 amide bonds. The summed E-state index contributed by atoms with van der Waals surface area (Å²) in [6.07, 6.45) is 3.23. The molecule has 0 bridgehead atoms. The molecule has 0 atom stereocenters. The topological polar surface area (TPSA) is 72.0 Å². The van der Waals surface area contributed by atoms with Crippen molar-refractivity contribution in [2.24, 2.45) is 0 Å². The largest absolute Gasteiger partial charge is 0.461 e. The van der Waals surface area contributed by atoms with Crippen LogP contribution in [0.3, 0.4) is 0 Å². The van der Waals surface area contributed by atoms with Gasteiger partial charge in [0.05, 0.1) is 6.61 Å². The molecule has 1 aromatic heterocycles. The lowest BCUT2D eigenvalue weighted by Gasteiger charge is -2.00. The van der Waals surface area contributed by atoms with Gasteiger partial charge in [-0.05, 0) is 6.42 Å². The maximum absolute atomic E-state index is 11.1. The van der Waals surface area contributed by atoms with E-state index in [0.29, 0.717) is 6.42 Å². The molecule has 69 valence electrons. The van der Waals surface area contributed by atoms with Crippen LogP contribution >= 0.6 is 0 Å². The highest BCUT2D eigenvalue weighted by Crippen LogP contribution is 2.10. The lowest BCUT2D eigenvalue weighted by Crippen LogP contribution is -2.08. The maximum atomic E-state index is 11.1. The van der Waals surface area contributed by atoms with Crippen LogP contribution in [0.2, 0.25) is 0 Å². The van der Waals surface area contributed by atoms with Gasteiger partial charge in [0.1, 0.15) is 0 Å². The van der Waals surface area contributed by atoms with Gasteiger partial charge in [0.15, 0.2) is 0 Å². The zero-order valence-corrected chi connectivity index (χ0v) is 7.19. The molecule has 0 unspecified atom stereocenters. The summed E-state index contributed by atoms with van der Waals surface area (Å²) in [5, 5.41) is 10.9. The Morgan fingerprint density at radius 1 is 1.46 bits per heavy atom. The third-order valence-corrected chi connectivity index (χ3v) is 1.30. The van der Waals surface area contributed by atoms with Gasteiger partial charge in [0.25, 0.3) is 0 Å². The SMILES string of the molecule is CCCOC(=O)c1nccnc1[O]. The third kappa shape index (κ3) is 2.40. The first-order valence-electron chi connectivity index (χ1n) is 3.91. The number of carbonyl (C=O) groups is 1. The summed E-state index contributed by atoms with van der Waals surface area (Å²) in [5.74, 6) is -1.36. The zero-order chi connectivity index (χ0) is 9.68. The molecule has 0 fully saturated rings. The molecule has 1 rings (SSSR count). The standard InChI is InChI=1S/C8H9N2O3/c1-2-5-13-8(12)6-7(11)10-4-3-9-6/h3-4H,2,5H2,1H3. The molecule has 13 heavy (non-hydrogen) atoms. The number of carbonyl (C=O) groups excluding carboxylic acids is 1. The van der Waals surface area contributed by atoms with Crippen molar-refractivity contribution in [1.29, 1.82) is 0 Å². The van der Waals surface area contributed by atoms with Gasteiger partial charge >= 0.3 is 11.8 Å². The zero-order valence-electron chi connectivity index (χ0n) is 7.19. The molecule has 0 spiro atoms. The smallest absolute Gasteiger partial charge is 0.362 e. The van der Waals surface area contributed by atoms with Gasteiger partial charge in [-0.1, -0.05) is 6.92 Å². The average molecular weight is 181 g/mol. The molecule has 5 nitrogen and oxygen atoms in total. The summed E-state index contributed by atoms with van der Waals surface area (Å²) < 4.78 is 4.72. The first-order valence-corrected chi connectivity index (χ1v) is 3.91. The fraction of sp³-hybridized carbons (Fsp3) is 0.375. The molecule has 1 aromatic rings. The van der Waals surface area contributed by atoms with E-state index in [-0.39, 0.29) is 12.3 Å². The van der Waals surface area contributed by atoms with Crippen molar-refractivity contribution in [3.8, 4) is 5.88 Å². The Bertz CT molecular complexity index is 301. The second kappa shape index (κ2) is 4.39. The summed E-state index contributed by atoms with van der Waals surface area (Å²) in [5.41, 5.74) is -0.254.